The summed E-state index contributed by atoms with van der Waals surface area (Å²) < 4.78 is 5.28. The van der Waals surface area contributed by atoms with Crippen molar-refractivity contribution < 1.29 is 9.32 Å². The summed E-state index contributed by atoms with van der Waals surface area (Å²) in [5, 5.41) is 6.83. The molecule has 2 heterocycles. The smallest absolute Gasteiger partial charge is 0.251 e. The number of nitrogens with one attached hydrogen (secondary N) is 1. The van der Waals surface area contributed by atoms with Gasteiger partial charge >= 0.3 is 0 Å². The maximum atomic E-state index is 12.1. The first-order chi connectivity index (χ1) is 13.7. The lowest BCUT2D eigenvalue weighted by Crippen LogP contribution is -2.32. The van der Waals surface area contributed by atoms with Crippen LogP contribution in [0.5, 0.6) is 0 Å². The average molecular weight is 376 g/mol. The van der Waals surface area contributed by atoms with Crippen LogP contribution >= 0.6 is 0 Å². The molecule has 0 unspecified atom stereocenters. The molecule has 4 rings (SSSR count). The second kappa shape index (κ2) is 8.25. The zero-order chi connectivity index (χ0) is 19.3. The van der Waals surface area contributed by atoms with Crippen LogP contribution in [-0.4, -0.2) is 29.1 Å². The van der Waals surface area contributed by atoms with Crippen LogP contribution in [0.15, 0.2) is 59.1 Å². The molecule has 6 heteroatoms. The molecule has 1 aliphatic heterocycles. The number of piperidine rings is 1. The Hall–Kier alpha value is -3.15. The van der Waals surface area contributed by atoms with Gasteiger partial charge in [0, 0.05) is 29.9 Å². The first kappa shape index (κ1) is 18.2. The van der Waals surface area contributed by atoms with Gasteiger partial charge in [0.1, 0.15) is 0 Å². The van der Waals surface area contributed by atoms with Crippen LogP contribution in [0.2, 0.25) is 0 Å². The third-order valence-corrected chi connectivity index (χ3v) is 5.18. The minimum atomic E-state index is -0.166. The van der Waals surface area contributed by atoms with Gasteiger partial charge in [-0.25, -0.2) is 0 Å². The van der Waals surface area contributed by atoms with Crippen molar-refractivity contribution in [1.29, 1.82) is 0 Å². The van der Waals surface area contributed by atoms with E-state index in [4.69, 9.17) is 4.52 Å². The Morgan fingerprint density at radius 2 is 1.82 bits per heavy atom. The quantitative estimate of drug-likeness (QED) is 0.731. The molecule has 28 heavy (non-hydrogen) atoms. The zero-order valence-electron chi connectivity index (χ0n) is 16.0. The number of hydrogen-bond acceptors (Lipinski definition) is 5. The van der Waals surface area contributed by atoms with Crippen LogP contribution in [0.4, 0.5) is 5.69 Å². The molecule has 1 amide bonds. The van der Waals surface area contributed by atoms with Crippen LogP contribution in [0.1, 0.15) is 36.0 Å². The summed E-state index contributed by atoms with van der Waals surface area (Å²) in [5.41, 5.74) is 2.73. The number of anilines is 1. The SMILES string of the molecule is CC1CCN(c2ccc(-c3noc(CNC(=O)c4ccccc4)n3)cc2)CC1. The van der Waals surface area contributed by atoms with Crippen LogP contribution < -0.4 is 10.2 Å². The fourth-order valence-corrected chi connectivity index (χ4v) is 3.38. The predicted molar refractivity (Wildman–Crippen MR) is 108 cm³/mol. The summed E-state index contributed by atoms with van der Waals surface area (Å²) in [6, 6.07) is 17.3. The van der Waals surface area contributed by atoms with Crippen molar-refractivity contribution in [3.05, 3.63) is 66.1 Å². The van der Waals surface area contributed by atoms with Crippen LogP contribution in [0.25, 0.3) is 11.4 Å². The number of benzene rings is 2. The highest BCUT2D eigenvalue weighted by atomic mass is 16.5. The molecular formula is C22H24N4O2. The number of carbonyl (C=O) groups is 1. The first-order valence-corrected chi connectivity index (χ1v) is 9.70. The van der Waals surface area contributed by atoms with E-state index < -0.39 is 0 Å². The molecule has 1 aliphatic rings. The van der Waals surface area contributed by atoms with Crippen molar-refractivity contribution in [2.45, 2.75) is 26.3 Å². The van der Waals surface area contributed by atoms with Crippen molar-refractivity contribution in [2.24, 2.45) is 5.92 Å². The van der Waals surface area contributed by atoms with Gasteiger partial charge in [-0.05, 0) is 55.2 Å². The van der Waals surface area contributed by atoms with E-state index in [0.29, 0.717) is 17.3 Å². The molecule has 3 aromatic rings. The maximum Gasteiger partial charge on any atom is 0.251 e. The second-order valence-corrected chi connectivity index (χ2v) is 7.28. The normalized spacial score (nSPS) is 14.8. The van der Waals surface area contributed by atoms with Crippen molar-refractivity contribution in [3.63, 3.8) is 0 Å². The number of carbonyl (C=O) groups excluding carboxylic acids is 1. The van der Waals surface area contributed by atoms with Gasteiger partial charge in [0.2, 0.25) is 11.7 Å². The number of hydrogen-bond donors (Lipinski definition) is 1. The summed E-state index contributed by atoms with van der Waals surface area (Å²) in [5.74, 6) is 1.56. The monoisotopic (exact) mass is 376 g/mol. The lowest BCUT2D eigenvalue weighted by atomic mass is 9.98. The van der Waals surface area contributed by atoms with E-state index in [0.717, 1.165) is 24.6 Å². The fourth-order valence-electron chi connectivity index (χ4n) is 3.38. The third kappa shape index (κ3) is 4.22. The molecular weight excluding hydrogens is 352 g/mol. The molecule has 0 saturated carbocycles. The molecule has 0 radical (unpaired) electrons. The molecule has 0 spiro atoms. The average Bonchev–Trinajstić information content (AvgIpc) is 3.22. The zero-order valence-corrected chi connectivity index (χ0v) is 16.0. The molecule has 1 aromatic heterocycles. The Morgan fingerprint density at radius 1 is 1.11 bits per heavy atom. The highest BCUT2D eigenvalue weighted by Gasteiger charge is 2.16. The Labute approximate surface area is 164 Å². The molecule has 1 fully saturated rings. The molecule has 2 aromatic carbocycles. The maximum absolute atomic E-state index is 12.1. The molecule has 1 N–H and O–H groups in total. The number of aromatic nitrogens is 2. The van der Waals surface area contributed by atoms with Gasteiger partial charge in [0.25, 0.3) is 5.91 Å². The molecule has 0 aliphatic carbocycles. The summed E-state index contributed by atoms with van der Waals surface area (Å²) in [7, 11) is 0. The van der Waals surface area contributed by atoms with E-state index in [1.165, 1.54) is 18.5 Å². The summed E-state index contributed by atoms with van der Waals surface area (Å²) in [6.07, 6.45) is 2.48. The fraction of sp³-hybridized carbons (Fsp3) is 0.318. The van der Waals surface area contributed by atoms with E-state index in [-0.39, 0.29) is 12.5 Å². The number of nitrogens with zero attached hydrogens (tertiary/aromatic N) is 3. The molecule has 144 valence electrons. The molecule has 1 saturated heterocycles. The molecule has 0 bridgehead atoms. The molecule has 0 atom stereocenters. The van der Waals surface area contributed by atoms with E-state index in [1.54, 1.807) is 12.1 Å². The minimum Gasteiger partial charge on any atom is -0.372 e. The van der Waals surface area contributed by atoms with E-state index in [2.05, 4.69) is 39.4 Å². The first-order valence-electron chi connectivity index (χ1n) is 9.70. The van der Waals surface area contributed by atoms with Crippen molar-refractivity contribution in [3.8, 4) is 11.4 Å². The highest BCUT2D eigenvalue weighted by Crippen LogP contribution is 2.25. The van der Waals surface area contributed by atoms with Gasteiger partial charge in [0.05, 0.1) is 6.54 Å². The Morgan fingerprint density at radius 3 is 2.54 bits per heavy atom. The van der Waals surface area contributed by atoms with Gasteiger partial charge < -0.3 is 14.7 Å². The van der Waals surface area contributed by atoms with E-state index in [1.807, 2.05) is 30.3 Å². The number of rotatable bonds is 5. The molecule has 6 nitrogen and oxygen atoms in total. The topological polar surface area (TPSA) is 71.3 Å². The van der Waals surface area contributed by atoms with Gasteiger partial charge in [0.15, 0.2) is 0 Å². The third-order valence-electron chi connectivity index (χ3n) is 5.18. The van der Waals surface area contributed by atoms with Crippen LogP contribution in [0, 0.1) is 5.92 Å². The van der Waals surface area contributed by atoms with Gasteiger partial charge in [-0.15, -0.1) is 0 Å². The largest absolute Gasteiger partial charge is 0.372 e. The highest BCUT2D eigenvalue weighted by molar-refractivity contribution is 5.93. The standard InChI is InChI=1S/C22H24N4O2/c1-16-11-13-26(14-12-16)19-9-7-17(8-10-19)21-24-20(28-25-21)15-23-22(27)18-5-3-2-4-6-18/h2-10,16H,11-15H2,1H3,(H,23,27). The Balaban J connectivity index is 1.37. The van der Waals surface area contributed by atoms with Gasteiger partial charge in [-0.1, -0.05) is 30.3 Å². The number of amides is 1. The van der Waals surface area contributed by atoms with Gasteiger partial charge in [-0.3, -0.25) is 4.79 Å². The summed E-state index contributed by atoms with van der Waals surface area (Å²) in [6.45, 7) is 4.73. The van der Waals surface area contributed by atoms with E-state index in [9.17, 15) is 4.79 Å². The summed E-state index contributed by atoms with van der Waals surface area (Å²) in [4.78, 5) is 18.9. The van der Waals surface area contributed by atoms with Crippen LogP contribution in [0.3, 0.4) is 0 Å². The van der Waals surface area contributed by atoms with Gasteiger partial charge in [-0.2, -0.15) is 4.98 Å². The minimum absolute atomic E-state index is 0.166. The van der Waals surface area contributed by atoms with E-state index >= 15 is 0 Å². The Kier molecular flexibility index (Phi) is 5.37. The summed E-state index contributed by atoms with van der Waals surface area (Å²) >= 11 is 0. The lowest BCUT2D eigenvalue weighted by Gasteiger charge is -2.32. The van der Waals surface area contributed by atoms with Crippen molar-refractivity contribution in [2.75, 3.05) is 18.0 Å². The Bertz CT molecular complexity index is 913. The van der Waals surface area contributed by atoms with Crippen molar-refractivity contribution in [1.82, 2.24) is 15.5 Å². The van der Waals surface area contributed by atoms with Crippen molar-refractivity contribution >= 4 is 11.6 Å². The predicted octanol–water partition coefficient (Wildman–Crippen LogP) is 3.90. The van der Waals surface area contributed by atoms with Crippen LogP contribution in [-0.2, 0) is 6.54 Å². The second-order valence-electron chi connectivity index (χ2n) is 7.28. The lowest BCUT2D eigenvalue weighted by molar-refractivity contribution is 0.0946.